The smallest absolute Gasteiger partial charge is 0.116 e. The minimum atomic E-state index is 0.0777. The lowest BCUT2D eigenvalue weighted by molar-refractivity contribution is -0.900. The second kappa shape index (κ2) is 6.88. The Morgan fingerprint density at radius 1 is 0.905 bits per heavy atom. The lowest BCUT2D eigenvalue weighted by Gasteiger charge is -2.35. The van der Waals surface area contributed by atoms with Crippen LogP contribution in [0.3, 0.4) is 0 Å². The van der Waals surface area contributed by atoms with E-state index in [1.807, 2.05) is 36.4 Å². The Bertz CT molecular complexity index is 534. The Kier molecular flexibility index (Phi) is 4.69. The first-order chi connectivity index (χ1) is 10.3. The maximum absolute atomic E-state index is 12.9. The van der Waals surface area contributed by atoms with Crippen LogP contribution in [0.1, 0.15) is 42.9 Å². The van der Waals surface area contributed by atoms with Crippen molar-refractivity contribution in [3.8, 4) is 0 Å². The number of rotatable bonds is 5. The first-order valence-corrected chi connectivity index (χ1v) is 7.96. The molecule has 2 unspecified atom stereocenters. The summed E-state index contributed by atoms with van der Waals surface area (Å²) in [5.74, 6) is 0.531. The third kappa shape index (κ3) is 3.52. The highest BCUT2D eigenvalue weighted by Gasteiger charge is 2.31. The van der Waals surface area contributed by atoms with Gasteiger partial charge in [0.1, 0.15) is 12.6 Å². The van der Waals surface area contributed by atoms with Gasteiger partial charge in [0.15, 0.2) is 0 Å². The Balaban J connectivity index is 1.81. The maximum Gasteiger partial charge on any atom is 0.116 e. The molecule has 0 saturated heterocycles. The Morgan fingerprint density at radius 3 is 2.10 bits per heavy atom. The highest BCUT2D eigenvalue weighted by atomic mass is 16.5. The van der Waals surface area contributed by atoms with Crippen LogP contribution in [0.15, 0.2) is 60.7 Å². The first-order valence-electron chi connectivity index (χ1n) is 7.96. The van der Waals surface area contributed by atoms with E-state index in [0.717, 1.165) is 5.56 Å². The van der Waals surface area contributed by atoms with Gasteiger partial charge in [-0.15, -0.1) is 0 Å². The van der Waals surface area contributed by atoms with Crippen molar-refractivity contribution in [1.29, 1.82) is 0 Å². The van der Waals surface area contributed by atoms with Gasteiger partial charge < -0.3 is 10.3 Å². The number of benzene rings is 2. The Hall–Kier alpha value is -1.64. The van der Waals surface area contributed by atoms with Gasteiger partial charge in [-0.2, -0.15) is 0 Å². The minimum Gasteiger partial charge on any atom is -0.634 e. The molecule has 1 N–H and O–H groups in total. The number of hydrogen-bond acceptors (Lipinski definition) is 1. The second-order valence-corrected chi connectivity index (χ2v) is 6.06. The summed E-state index contributed by atoms with van der Waals surface area (Å²) in [7, 11) is 0. The zero-order valence-corrected chi connectivity index (χ0v) is 12.4. The van der Waals surface area contributed by atoms with E-state index in [0.29, 0.717) is 17.5 Å². The molecule has 110 valence electrons. The molecule has 2 aromatic rings. The summed E-state index contributed by atoms with van der Waals surface area (Å²) >= 11 is 0. The second-order valence-electron chi connectivity index (χ2n) is 6.06. The van der Waals surface area contributed by atoms with Gasteiger partial charge in [0.2, 0.25) is 0 Å². The first kappa shape index (κ1) is 14.3. The van der Waals surface area contributed by atoms with Gasteiger partial charge >= 0.3 is 0 Å². The van der Waals surface area contributed by atoms with E-state index >= 15 is 0 Å². The summed E-state index contributed by atoms with van der Waals surface area (Å²) in [4.78, 5) is 0. The lowest BCUT2D eigenvalue weighted by atomic mass is 9.91. The summed E-state index contributed by atoms with van der Waals surface area (Å²) in [5.41, 5.74) is 2.33. The zero-order chi connectivity index (χ0) is 14.5. The largest absolute Gasteiger partial charge is 0.634 e. The standard InChI is InChI=1S/C19H23NO/c21-20(15-16-9-3-1-4-10-16)19(18-13-7-8-14-18)17-11-5-2-6-12-17/h1-6,9-12,18-20H,7-8,13-15H2. The summed E-state index contributed by atoms with van der Waals surface area (Å²) in [5, 5.41) is 13.3. The Labute approximate surface area is 127 Å². The predicted octanol–water partition coefficient (Wildman–Crippen LogP) is 3.50. The van der Waals surface area contributed by atoms with Crippen molar-refractivity contribution in [3.05, 3.63) is 77.0 Å². The van der Waals surface area contributed by atoms with E-state index in [1.165, 1.54) is 31.2 Å². The van der Waals surface area contributed by atoms with Crippen LogP contribution < -0.4 is 5.06 Å². The fourth-order valence-corrected chi connectivity index (χ4v) is 3.58. The molecule has 1 saturated carbocycles. The zero-order valence-electron chi connectivity index (χ0n) is 12.4. The number of quaternary nitrogens is 1. The predicted molar refractivity (Wildman–Crippen MR) is 85.6 cm³/mol. The van der Waals surface area contributed by atoms with Gasteiger partial charge in [-0.05, 0) is 12.8 Å². The van der Waals surface area contributed by atoms with E-state index < -0.39 is 0 Å². The van der Waals surface area contributed by atoms with E-state index in [4.69, 9.17) is 0 Å². The van der Waals surface area contributed by atoms with E-state index in [9.17, 15) is 5.21 Å². The van der Waals surface area contributed by atoms with Crippen LogP contribution in [0.5, 0.6) is 0 Å². The van der Waals surface area contributed by atoms with Crippen molar-refractivity contribution in [2.75, 3.05) is 0 Å². The molecule has 0 spiro atoms. The number of hydrogen-bond donors (Lipinski definition) is 1. The minimum absolute atomic E-state index is 0.0777. The molecule has 0 amide bonds. The monoisotopic (exact) mass is 281 g/mol. The number of hydroxylamine groups is 2. The maximum atomic E-state index is 12.9. The molecule has 1 fully saturated rings. The van der Waals surface area contributed by atoms with E-state index in [1.54, 1.807) is 0 Å². The van der Waals surface area contributed by atoms with Gasteiger partial charge in [0, 0.05) is 17.0 Å². The molecule has 0 heterocycles. The van der Waals surface area contributed by atoms with Crippen LogP contribution in [-0.4, -0.2) is 0 Å². The third-order valence-corrected chi connectivity index (χ3v) is 4.60. The van der Waals surface area contributed by atoms with Crippen molar-refractivity contribution < 1.29 is 5.06 Å². The van der Waals surface area contributed by atoms with Gasteiger partial charge in [-0.25, -0.2) is 0 Å². The van der Waals surface area contributed by atoms with Gasteiger partial charge in [0.25, 0.3) is 0 Å². The average Bonchev–Trinajstić information content (AvgIpc) is 3.03. The topological polar surface area (TPSA) is 27.5 Å². The van der Waals surface area contributed by atoms with E-state index in [-0.39, 0.29) is 6.04 Å². The molecule has 3 rings (SSSR count). The van der Waals surface area contributed by atoms with Crippen LogP contribution in [0.4, 0.5) is 0 Å². The fourth-order valence-electron chi connectivity index (χ4n) is 3.58. The highest BCUT2D eigenvalue weighted by molar-refractivity contribution is 5.19. The highest BCUT2D eigenvalue weighted by Crippen LogP contribution is 2.34. The molecule has 2 heteroatoms. The quantitative estimate of drug-likeness (QED) is 0.835. The molecule has 1 aliphatic carbocycles. The van der Waals surface area contributed by atoms with Crippen LogP contribution in [0.25, 0.3) is 0 Å². The number of nitrogens with one attached hydrogen (secondary N) is 1. The average molecular weight is 281 g/mol. The molecular weight excluding hydrogens is 258 g/mol. The summed E-state index contributed by atoms with van der Waals surface area (Å²) < 4.78 is 0. The van der Waals surface area contributed by atoms with Crippen molar-refractivity contribution in [2.45, 2.75) is 38.3 Å². The van der Waals surface area contributed by atoms with Crippen molar-refractivity contribution in [2.24, 2.45) is 5.92 Å². The summed E-state index contributed by atoms with van der Waals surface area (Å²) in [6, 6.07) is 20.6. The molecule has 1 aliphatic rings. The Morgan fingerprint density at radius 2 is 1.48 bits per heavy atom. The van der Waals surface area contributed by atoms with Gasteiger partial charge in [-0.3, -0.25) is 0 Å². The van der Waals surface area contributed by atoms with E-state index in [2.05, 4.69) is 24.3 Å². The molecule has 0 aromatic heterocycles. The van der Waals surface area contributed by atoms with Crippen molar-refractivity contribution in [1.82, 2.24) is 0 Å². The van der Waals surface area contributed by atoms with Crippen molar-refractivity contribution in [3.63, 3.8) is 0 Å². The van der Waals surface area contributed by atoms with Crippen LogP contribution in [0, 0.1) is 11.1 Å². The van der Waals surface area contributed by atoms with Crippen LogP contribution in [0.2, 0.25) is 0 Å². The molecule has 0 radical (unpaired) electrons. The van der Waals surface area contributed by atoms with Crippen LogP contribution in [-0.2, 0) is 6.54 Å². The lowest BCUT2D eigenvalue weighted by Crippen LogP contribution is -3.06. The van der Waals surface area contributed by atoms with Crippen molar-refractivity contribution >= 4 is 0 Å². The van der Waals surface area contributed by atoms with Gasteiger partial charge in [-0.1, -0.05) is 73.5 Å². The molecular formula is C19H23NO. The van der Waals surface area contributed by atoms with Crippen LogP contribution >= 0.6 is 0 Å². The normalized spacial score (nSPS) is 18.5. The SMILES string of the molecule is [O-][NH+](Cc1ccccc1)C(c1ccccc1)C1CCCC1. The van der Waals surface area contributed by atoms with Gasteiger partial charge in [0.05, 0.1) is 0 Å². The molecule has 2 aromatic carbocycles. The molecule has 0 aliphatic heterocycles. The molecule has 2 atom stereocenters. The molecule has 2 nitrogen and oxygen atoms in total. The fraction of sp³-hybridized carbons (Fsp3) is 0.368. The summed E-state index contributed by atoms with van der Waals surface area (Å²) in [6.07, 6.45) is 4.93. The molecule has 0 bridgehead atoms. The third-order valence-electron chi connectivity index (χ3n) is 4.60. The molecule has 21 heavy (non-hydrogen) atoms. The summed E-state index contributed by atoms with van der Waals surface area (Å²) in [6.45, 7) is 0.552.